The van der Waals surface area contributed by atoms with Crippen molar-refractivity contribution in [3.05, 3.63) is 48.0 Å². The highest BCUT2D eigenvalue weighted by atomic mass is 32.2. The van der Waals surface area contributed by atoms with E-state index in [4.69, 9.17) is 13.9 Å². The number of sulfonamides is 1. The van der Waals surface area contributed by atoms with E-state index >= 15 is 0 Å². The van der Waals surface area contributed by atoms with Gasteiger partial charge in [-0.05, 0) is 48.2 Å². The van der Waals surface area contributed by atoms with E-state index in [0.29, 0.717) is 30.2 Å². The van der Waals surface area contributed by atoms with Crippen LogP contribution in [0.4, 0.5) is 6.01 Å². The summed E-state index contributed by atoms with van der Waals surface area (Å²) in [5, 5.41) is 10.4. The number of carbonyl (C=O) groups excluding carboxylic acids is 1. The summed E-state index contributed by atoms with van der Waals surface area (Å²) in [6, 6.07) is 10.9. The van der Waals surface area contributed by atoms with Gasteiger partial charge in [0, 0.05) is 18.7 Å². The molecular weight excluding hydrogens is 484 g/mol. The maximum Gasteiger partial charge on any atom is 0.322 e. The second-order valence-corrected chi connectivity index (χ2v) is 11.0. The molecule has 1 amide bonds. The number of carbonyl (C=O) groups is 1. The summed E-state index contributed by atoms with van der Waals surface area (Å²) in [6.07, 6.45) is 0. The van der Waals surface area contributed by atoms with E-state index in [-0.39, 0.29) is 34.2 Å². The highest BCUT2D eigenvalue weighted by molar-refractivity contribution is 7.89. The van der Waals surface area contributed by atoms with Crippen molar-refractivity contribution in [2.75, 3.05) is 32.6 Å². The van der Waals surface area contributed by atoms with Crippen molar-refractivity contribution in [2.24, 2.45) is 11.8 Å². The number of nitrogens with one attached hydrogen (secondary N) is 1. The Morgan fingerprint density at radius 1 is 0.972 bits per heavy atom. The van der Waals surface area contributed by atoms with Crippen molar-refractivity contribution in [1.82, 2.24) is 14.5 Å². The molecule has 0 aliphatic rings. The molecule has 3 rings (SSSR count). The summed E-state index contributed by atoms with van der Waals surface area (Å²) in [5.74, 6) is 0.891. The van der Waals surface area contributed by atoms with Gasteiger partial charge in [0.25, 0.3) is 11.8 Å². The lowest BCUT2D eigenvalue weighted by Gasteiger charge is -2.25. The van der Waals surface area contributed by atoms with E-state index in [1.807, 2.05) is 27.7 Å². The molecule has 1 aromatic heterocycles. The van der Waals surface area contributed by atoms with E-state index in [0.717, 1.165) is 0 Å². The molecule has 0 unspecified atom stereocenters. The molecule has 0 saturated carbocycles. The minimum Gasteiger partial charge on any atom is -0.493 e. The molecule has 0 aliphatic carbocycles. The van der Waals surface area contributed by atoms with Gasteiger partial charge in [0.15, 0.2) is 11.5 Å². The number of hydrogen-bond acceptors (Lipinski definition) is 8. The summed E-state index contributed by atoms with van der Waals surface area (Å²) < 4.78 is 44.1. The van der Waals surface area contributed by atoms with Gasteiger partial charge in [-0.2, -0.15) is 4.31 Å². The molecule has 2 aromatic carbocycles. The number of methoxy groups -OCH3 is 2. The van der Waals surface area contributed by atoms with Crippen molar-refractivity contribution in [3.63, 3.8) is 0 Å². The van der Waals surface area contributed by atoms with Crippen LogP contribution in [0, 0.1) is 11.8 Å². The van der Waals surface area contributed by atoms with Gasteiger partial charge in [-0.3, -0.25) is 10.1 Å². The number of amides is 1. The van der Waals surface area contributed by atoms with Crippen LogP contribution in [0.3, 0.4) is 0 Å². The molecular formula is C25H32N4O6S. The topological polar surface area (TPSA) is 124 Å². The number of nitrogens with zero attached hydrogens (tertiary/aromatic N) is 3. The van der Waals surface area contributed by atoms with Crippen LogP contribution >= 0.6 is 0 Å². The number of hydrogen-bond donors (Lipinski definition) is 1. The third kappa shape index (κ3) is 6.21. The molecule has 0 atom stereocenters. The monoisotopic (exact) mass is 516 g/mol. The van der Waals surface area contributed by atoms with Gasteiger partial charge in [0.2, 0.25) is 10.0 Å². The maximum atomic E-state index is 13.2. The molecule has 194 valence electrons. The fraction of sp³-hybridized carbons (Fsp3) is 0.400. The maximum absolute atomic E-state index is 13.2. The van der Waals surface area contributed by atoms with Gasteiger partial charge in [-0.1, -0.05) is 38.9 Å². The van der Waals surface area contributed by atoms with Crippen LogP contribution in [-0.4, -0.2) is 56.1 Å². The lowest BCUT2D eigenvalue weighted by Crippen LogP contribution is -2.37. The average molecular weight is 517 g/mol. The number of benzene rings is 2. The largest absolute Gasteiger partial charge is 0.493 e. The van der Waals surface area contributed by atoms with E-state index in [2.05, 4.69) is 15.5 Å². The van der Waals surface area contributed by atoms with Crippen LogP contribution in [0.1, 0.15) is 38.1 Å². The van der Waals surface area contributed by atoms with Gasteiger partial charge in [-0.15, -0.1) is 5.10 Å². The van der Waals surface area contributed by atoms with Gasteiger partial charge in [0.05, 0.1) is 24.7 Å². The van der Waals surface area contributed by atoms with Crippen LogP contribution in [0.25, 0.3) is 11.5 Å². The van der Waals surface area contributed by atoms with Gasteiger partial charge < -0.3 is 13.9 Å². The SMILES string of the molecule is COc1cccc(-c2nnc(NC(=O)c3ccc(S(=O)(=O)N(CC(C)C)CC(C)C)cc3)o2)c1OC. The summed E-state index contributed by atoms with van der Waals surface area (Å²) >= 11 is 0. The second-order valence-electron chi connectivity index (χ2n) is 9.04. The van der Waals surface area contributed by atoms with Crippen LogP contribution in [0.15, 0.2) is 51.8 Å². The number of rotatable bonds is 11. The molecule has 0 bridgehead atoms. The van der Waals surface area contributed by atoms with Crippen LogP contribution in [-0.2, 0) is 10.0 Å². The lowest BCUT2D eigenvalue weighted by atomic mass is 10.2. The zero-order valence-electron chi connectivity index (χ0n) is 21.3. The van der Waals surface area contributed by atoms with Gasteiger partial charge in [-0.25, -0.2) is 8.42 Å². The third-order valence-corrected chi connectivity index (χ3v) is 7.02. The van der Waals surface area contributed by atoms with Crippen LogP contribution < -0.4 is 14.8 Å². The van der Waals surface area contributed by atoms with Crippen LogP contribution in [0.2, 0.25) is 0 Å². The number of para-hydroxylation sites is 1. The molecule has 3 aromatic rings. The zero-order chi connectivity index (χ0) is 26.5. The predicted molar refractivity (Wildman–Crippen MR) is 136 cm³/mol. The lowest BCUT2D eigenvalue weighted by molar-refractivity contribution is 0.102. The predicted octanol–water partition coefficient (Wildman–Crippen LogP) is 4.31. The molecule has 1 N–H and O–H groups in total. The van der Waals surface area contributed by atoms with E-state index in [1.54, 1.807) is 18.2 Å². The van der Waals surface area contributed by atoms with Gasteiger partial charge in [0.1, 0.15) is 0 Å². The highest BCUT2D eigenvalue weighted by Gasteiger charge is 2.26. The van der Waals surface area contributed by atoms with E-state index < -0.39 is 15.9 Å². The van der Waals surface area contributed by atoms with Gasteiger partial charge >= 0.3 is 6.01 Å². The Morgan fingerprint density at radius 2 is 1.61 bits per heavy atom. The molecule has 0 saturated heterocycles. The van der Waals surface area contributed by atoms with Crippen LogP contribution in [0.5, 0.6) is 11.5 Å². The Balaban J connectivity index is 1.77. The first-order valence-electron chi connectivity index (χ1n) is 11.5. The summed E-state index contributed by atoms with van der Waals surface area (Å²) in [4.78, 5) is 12.9. The molecule has 10 nitrogen and oxygen atoms in total. The minimum atomic E-state index is -3.69. The molecule has 0 fully saturated rings. The molecule has 0 spiro atoms. The fourth-order valence-corrected chi connectivity index (χ4v) is 5.39. The highest BCUT2D eigenvalue weighted by Crippen LogP contribution is 2.37. The smallest absolute Gasteiger partial charge is 0.322 e. The Bertz CT molecular complexity index is 1280. The standard InChI is InChI=1S/C25H32N4O6S/c1-16(2)14-29(15-17(3)4)36(31,32)19-12-10-18(11-13-19)23(30)26-25-28-27-24(35-25)20-8-7-9-21(33-5)22(20)34-6/h7-13,16-17H,14-15H2,1-6H3,(H,26,28,30). The van der Waals surface area contributed by atoms with E-state index in [1.165, 1.54) is 42.8 Å². The Kier molecular flexibility index (Phi) is 8.70. The number of aromatic nitrogens is 2. The Hall–Kier alpha value is -3.44. The molecule has 36 heavy (non-hydrogen) atoms. The Labute approximate surface area is 211 Å². The summed E-state index contributed by atoms with van der Waals surface area (Å²) in [7, 11) is -0.681. The third-order valence-electron chi connectivity index (χ3n) is 5.17. The second kappa shape index (κ2) is 11.5. The van der Waals surface area contributed by atoms with E-state index in [9.17, 15) is 13.2 Å². The Morgan fingerprint density at radius 3 is 2.17 bits per heavy atom. The molecule has 0 radical (unpaired) electrons. The minimum absolute atomic E-state index is 0.114. The molecule has 0 aliphatic heterocycles. The fourth-order valence-electron chi connectivity index (χ4n) is 3.62. The zero-order valence-corrected chi connectivity index (χ0v) is 22.1. The summed E-state index contributed by atoms with van der Waals surface area (Å²) in [5.41, 5.74) is 0.749. The van der Waals surface area contributed by atoms with Crippen molar-refractivity contribution in [2.45, 2.75) is 32.6 Å². The first-order chi connectivity index (χ1) is 17.1. The number of ether oxygens (including phenoxy) is 2. The number of anilines is 1. The van der Waals surface area contributed by atoms with Crippen molar-refractivity contribution in [1.29, 1.82) is 0 Å². The van der Waals surface area contributed by atoms with Crippen molar-refractivity contribution >= 4 is 21.9 Å². The first kappa shape index (κ1) is 27.2. The van der Waals surface area contributed by atoms with Crippen molar-refractivity contribution < 1.29 is 27.1 Å². The molecule has 1 heterocycles. The van der Waals surface area contributed by atoms with Crippen molar-refractivity contribution in [3.8, 4) is 23.0 Å². The average Bonchev–Trinajstić information content (AvgIpc) is 3.30. The first-order valence-corrected chi connectivity index (χ1v) is 13.0. The normalized spacial score (nSPS) is 11.8. The quantitative estimate of drug-likeness (QED) is 0.400. The molecule has 11 heteroatoms. The summed E-state index contributed by atoms with van der Waals surface area (Å²) in [6.45, 7) is 8.74.